The van der Waals surface area contributed by atoms with Crippen LogP contribution in [-0.2, 0) is 0 Å². The number of imidazole rings is 1. The summed E-state index contributed by atoms with van der Waals surface area (Å²) >= 11 is 10.2. The van der Waals surface area contributed by atoms with E-state index in [2.05, 4.69) is 53.4 Å². The standard InChI is InChI=1S/C20H22BrClN2O/c1-5-13(6-2)14-9-12(3)20-23-18(19(21)24(20)11-14)16-8-7-15(25-4)10-17(16)22/h7-11,13H,5-6H2,1-4H3. The molecule has 0 fully saturated rings. The Balaban J connectivity index is 2.19. The summed E-state index contributed by atoms with van der Waals surface area (Å²) < 4.78 is 8.28. The Hall–Kier alpha value is -1.52. The van der Waals surface area contributed by atoms with Crippen LogP contribution < -0.4 is 4.74 Å². The minimum absolute atomic E-state index is 0.561. The fraction of sp³-hybridized carbons (Fsp3) is 0.350. The molecule has 2 heterocycles. The number of benzene rings is 1. The first-order valence-corrected chi connectivity index (χ1v) is 9.69. The van der Waals surface area contributed by atoms with Crippen molar-refractivity contribution in [3.63, 3.8) is 0 Å². The lowest BCUT2D eigenvalue weighted by Crippen LogP contribution is -2.00. The van der Waals surface area contributed by atoms with Crippen molar-refractivity contribution in [2.24, 2.45) is 0 Å². The van der Waals surface area contributed by atoms with Gasteiger partial charge in [0, 0.05) is 11.8 Å². The summed E-state index contributed by atoms with van der Waals surface area (Å²) in [5.74, 6) is 1.30. The quantitative estimate of drug-likeness (QED) is 0.461. The number of halogens is 2. The van der Waals surface area contributed by atoms with Gasteiger partial charge in [-0.3, -0.25) is 4.40 Å². The molecule has 0 N–H and O–H groups in total. The van der Waals surface area contributed by atoms with Gasteiger partial charge >= 0.3 is 0 Å². The Morgan fingerprint density at radius 3 is 2.56 bits per heavy atom. The van der Waals surface area contributed by atoms with Gasteiger partial charge in [0.1, 0.15) is 21.7 Å². The zero-order chi connectivity index (χ0) is 18.1. The number of fused-ring (bicyclic) bond motifs is 1. The van der Waals surface area contributed by atoms with Gasteiger partial charge in [0.05, 0.1) is 12.1 Å². The molecule has 0 amide bonds. The third-order valence-electron chi connectivity index (χ3n) is 4.76. The van der Waals surface area contributed by atoms with Gasteiger partial charge in [-0.15, -0.1) is 0 Å². The highest BCUT2D eigenvalue weighted by atomic mass is 79.9. The molecule has 0 atom stereocenters. The first-order valence-electron chi connectivity index (χ1n) is 8.52. The van der Waals surface area contributed by atoms with E-state index in [4.69, 9.17) is 21.3 Å². The van der Waals surface area contributed by atoms with E-state index in [1.54, 1.807) is 7.11 Å². The maximum Gasteiger partial charge on any atom is 0.141 e. The summed E-state index contributed by atoms with van der Waals surface area (Å²) in [6, 6.07) is 7.92. The number of rotatable bonds is 5. The average molecular weight is 422 g/mol. The number of hydrogen-bond donors (Lipinski definition) is 0. The van der Waals surface area contributed by atoms with Gasteiger partial charge in [-0.05, 0) is 70.9 Å². The van der Waals surface area contributed by atoms with Gasteiger partial charge in [-0.2, -0.15) is 0 Å². The molecule has 1 aromatic carbocycles. The van der Waals surface area contributed by atoms with Crippen molar-refractivity contribution in [1.29, 1.82) is 0 Å². The summed E-state index contributed by atoms with van der Waals surface area (Å²) in [6.07, 6.45) is 4.45. The van der Waals surface area contributed by atoms with Gasteiger partial charge in [-0.1, -0.05) is 31.5 Å². The van der Waals surface area contributed by atoms with Gasteiger partial charge in [0.15, 0.2) is 0 Å². The largest absolute Gasteiger partial charge is 0.497 e. The lowest BCUT2D eigenvalue weighted by molar-refractivity contribution is 0.415. The zero-order valence-corrected chi connectivity index (χ0v) is 17.3. The van der Waals surface area contributed by atoms with Gasteiger partial charge in [0.2, 0.25) is 0 Å². The second-order valence-corrected chi connectivity index (χ2v) is 7.42. The van der Waals surface area contributed by atoms with Gasteiger partial charge < -0.3 is 4.74 Å². The highest BCUT2D eigenvalue weighted by Gasteiger charge is 2.18. The normalized spacial score (nSPS) is 11.5. The molecule has 0 aliphatic carbocycles. The number of aromatic nitrogens is 2. The minimum atomic E-state index is 0.561. The van der Waals surface area contributed by atoms with Crippen molar-refractivity contribution < 1.29 is 4.74 Å². The summed E-state index contributed by atoms with van der Waals surface area (Å²) in [5.41, 5.74) is 5.20. The van der Waals surface area contributed by atoms with Crippen LogP contribution in [0.25, 0.3) is 16.9 Å². The maximum atomic E-state index is 6.46. The predicted molar refractivity (Wildman–Crippen MR) is 108 cm³/mol. The van der Waals surface area contributed by atoms with Crippen LogP contribution >= 0.6 is 27.5 Å². The molecule has 0 saturated heterocycles. The smallest absolute Gasteiger partial charge is 0.141 e. The highest BCUT2D eigenvalue weighted by molar-refractivity contribution is 9.10. The van der Waals surface area contributed by atoms with Crippen LogP contribution in [0, 0.1) is 6.92 Å². The fourth-order valence-corrected chi connectivity index (χ4v) is 4.11. The first-order chi connectivity index (χ1) is 12.0. The second kappa shape index (κ2) is 7.38. The summed E-state index contributed by atoms with van der Waals surface area (Å²) in [4.78, 5) is 4.84. The van der Waals surface area contributed by atoms with Crippen molar-refractivity contribution >= 4 is 33.2 Å². The lowest BCUT2D eigenvalue weighted by atomic mass is 9.94. The van der Waals surface area contributed by atoms with Crippen LogP contribution in [0.2, 0.25) is 5.02 Å². The molecule has 0 radical (unpaired) electrons. The van der Waals surface area contributed by atoms with Crippen molar-refractivity contribution in [2.45, 2.75) is 39.5 Å². The van der Waals surface area contributed by atoms with Gasteiger partial charge in [-0.25, -0.2) is 4.98 Å². The number of hydrogen-bond acceptors (Lipinski definition) is 2. The third kappa shape index (κ3) is 3.30. The molecule has 3 rings (SSSR count). The van der Waals surface area contributed by atoms with Crippen LogP contribution in [0.5, 0.6) is 5.75 Å². The summed E-state index contributed by atoms with van der Waals surface area (Å²) in [6.45, 7) is 6.58. The molecule has 0 aliphatic heterocycles. The van der Waals surface area contributed by atoms with Crippen molar-refractivity contribution in [3.8, 4) is 17.0 Å². The van der Waals surface area contributed by atoms with Gasteiger partial charge in [0.25, 0.3) is 0 Å². The highest BCUT2D eigenvalue weighted by Crippen LogP contribution is 2.37. The van der Waals surface area contributed by atoms with E-state index in [0.29, 0.717) is 10.9 Å². The van der Waals surface area contributed by atoms with Crippen LogP contribution in [0.4, 0.5) is 0 Å². The number of pyridine rings is 1. The van der Waals surface area contributed by atoms with E-state index in [1.165, 1.54) is 11.1 Å². The molecule has 0 spiro atoms. The first kappa shape index (κ1) is 18.3. The number of ether oxygens (including phenoxy) is 1. The number of aryl methyl sites for hydroxylation is 1. The zero-order valence-electron chi connectivity index (χ0n) is 14.9. The van der Waals surface area contributed by atoms with E-state index in [9.17, 15) is 0 Å². The van der Waals surface area contributed by atoms with Crippen molar-refractivity contribution in [2.75, 3.05) is 7.11 Å². The Labute approximate surface area is 162 Å². The molecular formula is C20H22BrClN2O. The summed E-state index contributed by atoms with van der Waals surface area (Å²) in [7, 11) is 1.63. The molecule has 2 aromatic heterocycles. The fourth-order valence-electron chi connectivity index (χ4n) is 3.28. The number of nitrogens with zero attached hydrogens (tertiary/aromatic N) is 2. The van der Waals surface area contributed by atoms with Crippen LogP contribution in [0.1, 0.15) is 43.7 Å². The molecule has 5 heteroatoms. The Morgan fingerprint density at radius 2 is 1.96 bits per heavy atom. The third-order valence-corrected chi connectivity index (χ3v) is 5.83. The van der Waals surface area contributed by atoms with E-state index >= 15 is 0 Å². The molecule has 132 valence electrons. The molecule has 0 aliphatic rings. The lowest BCUT2D eigenvalue weighted by Gasteiger charge is -2.14. The van der Waals surface area contributed by atoms with Crippen LogP contribution in [0.3, 0.4) is 0 Å². The molecular weight excluding hydrogens is 400 g/mol. The van der Waals surface area contributed by atoms with Crippen molar-refractivity contribution in [1.82, 2.24) is 9.38 Å². The maximum absolute atomic E-state index is 6.46. The Morgan fingerprint density at radius 1 is 1.24 bits per heavy atom. The SMILES string of the molecule is CCC(CC)c1cc(C)c2nc(-c3ccc(OC)cc3Cl)c(Br)n2c1. The Bertz CT molecular complexity index is 916. The molecule has 25 heavy (non-hydrogen) atoms. The minimum Gasteiger partial charge on any atom is -0.497 e. The molecule has 3 aromatic rings. The predicted octanol–water partition coefficient (Wildman–Crippen LogP) is 6.64. The molecule has 0 bridgehead atoms. The average Bonchev–Trinajstić information content (AvgIpc) is 2.93. The monoisotopic (exact) mass is 420 g/mol. The number of methoxy groups -OCH3 is 1. The molecule has 0 saturated carbocycles. The second-order valence-electron chi connectivity index (χ2n) is 6.26. The molecule has 0 unspecified atom stereocenters. The topological polar surface area (TPSA) is 26.5 Å². The van der Waals surface area contributed by atoms with Crippen LogP contribution in [0.15, 0.2) is 35.1 Å². The van der Waals surface area contributed by atoms with E-state index in [1.807, 2.05) is 18.2 Å². The van der Waals surface area contributed by atoms with Crippen LogP contribution in [-0.4, -0.2) is 16.5 Å². The van der Waals surface area contributed by atoms with E-state index < -0.39 is 0 Å². The van der Waals surface area contributed by atoms with E-state index in [-0.39, 0.29) is 0 Å². The van der Waals surface area contributed by atoms with E-state index in [0.717, 1.165) is 40.1 Å². The summed E-state index contributed by atoms with van der Waals surface area (Å²) in [5, 5.41) is 0.626. The van der Waals surface area contributed by atoms with Crippen molar-refractivity contribution in [3.05, 3.63) is 51.2 Å². The Kier molecular flexibility index (Phi) is 5.40. The molecule has 3 nitrogen and oxygen atoms in total.